The van der Waals surface area contributed by atoms with Gasteiger partial charge in [-0.1, -0.05) is 11.6 Å². The first-order valence-electron chi connectivity index (χ1n) is 5.43. The van der Waals surface area contributed by atoms with Crippen LogP contribution < -0.4 is 5.32 Å². The van der Waals surface area contributed by atoms with E-state index in [1.807, 2.05) is 19.1 Å². The van der Waals surface area contributed by atoms with Gasteiger partial charge in [0.1, 0.15) is 11.3 Å². The number of aryl methyl sites for hydroxylation is 1. The Kier molecular flexibility index (Phi) is 3.67. The Bertz CT molecular complexity index is 393. The van der Waals surface area contributed by atoms with Crippen molar-refractivity contribution in [3.05, 3.63) is 35.3 Å². The summed E-state index contributed by atoms with van der Waals surface area (Å²) in [6.07, 6.45) is 6.22. The third-order valence-electron chi connectivity index (χ3n) is 2.59. The fourth-order valence-corrected chi connectivity index (χ4v) is 1.87. The van der Waals surface area contributed by atoms with Gasteiger partial charge in [-0.05, 0) is 38.0 Å². The molecular weight excluding hydrogens is 224 g/mol. The summed E-state index contributed by atoms with van der Waals surface area (Å²) in [7, 11) is 0. The Labute approximate surface area is 100 Å². The number of pyridine rings is 1. The highest BCUT2D eigenvalue weighted by atomic mass is 35.5. The highest BCUT2D eigenvalue weighted by Gasteiger charge is 2.11. The minimum absolute atomic E-state index is 0.250. The molecule has 1 N–H and O–H groups in total. The van der Waals surface area contributed by atoms with Gasteiger partial charge in [-0.25, -0.2) is 4.98 Å². The molecule has 1 unspecified atom stereocenters. The largest absolute Gasteiger partial charge is 0.497 e. The Morgan fingerprint density at radius 1 is 1.56 bits per heavy atom. The molecule has 16 heavy (non-hydrogen) atoms. The van der Waals surface area contributed by atoms with E-state index in [9.17, 15) is 0 Å². The lowest BCUT2D eigenvalue weighted by Gasteiger charge is -2.20. The van der Waals surface area contributed by atoms with E-state index in [0.717, 1.165) is 30.8 Å². The van der Waals surface area contributed by atoms with Crippen LogP contribution in [-0.2, 0) is 4.74 Å². The van der Waals surface area contributed by atoms with Gasteiger partial charge in [-0.2, -0.15) is 0 Å². The standard InChI is InChI=1S/C12H15ClN2O/c1-9-11(5-6-12(13)15-9)14-8-10-4-2-3-7-16-10/h3,5-7,10,14H,2,4,8H2,1H3. The zero-order chi connectivity index (χ0) is 11.4. The fourth-order valence-electron chi connectivity index (χ4n) is 1.68. The minimum atomic E-state index is 0.250. The molecule has 0 amide bonds. The molecular formula is C12H15ClN2O. The van der Waals surface area contributed by atoms with Crippen LogP contribution in [0.25, 0.3) is 0 Å². The monoisotopic (exact) mass is 238 g/mol. The Hall–Kier alpha value is -1.22. The van der Waals surface area contributed by atoms with E-state index in [-0.39, 0.29) is 6.10 Å². The van der Waals surface area contributed by atoms with Crippen LogP contribution in [-0.4, -0.2) is 17.6 Å². The molecule has 1 aliphatic heterocycles. The molecule has 1 atom stereocenters. The molecule has 0 aromatic carbocycles. The molecule has 0 fully saturated rings. The van der Waals surface area contributed by atoms with Crippen LogP contribution >= 0.6 is 11.6 Å². The highest BCUT2D eigenvalue weighted by molar-refractivity contribution is 6.29. The number of aromatic nitrogens is 1. The first-order chi connectivity index (χ1) is 7.75. The first-order valence-corrected chi connectivity index (χ1v) is 5.81. The second-order valence-corrected chi connectivity index (χ2v) is 4.24. The first kappa shape index (κ1) is 11.3. The van der Waals surface area contributed by atoms with E-state index in [1.54, 1.807) is 12.3 Å². The fraction of sp³-hybridized carbons (Fsp3) is 0.417. The van der Waals surface area contributed by atoms with E-state index >= 15 is 0 Å². The molecule has 0 radical (unpaired) electrons. The van der Waals surface area contributed by atoms with Crippen molar-refractivity contribution in [2.24, 2.45) is 0 Å². The summed E-state index contributed by atoms with van der Waals surface area (Å²) in [4.78, 5) is 4.19. The Morgan fingerprint density at radius 3 is 3.12 bits per heavy atom. The average molecular weight is 239 g/mol. The molecule has 0 spiro atoms. The number of hydrogen-bond donors (Lipinski definition) is 1. The summed E-state index contributed by atoms with van der Waals surface area (Å²) in [5.74, 6) is 0. The van der Waals surface area contributed by atoms with Gasteiger partial charge in [-0.15, -0.1) is 0 Å². The third-order valence-corrected chi connectivity index (χ3v) is 2.81. The van der Waals surface area contributed by atoms with Crippen LogP contribution in [0.5, 0.6) is 0 Å². The molecule has 2 heterocycles. The predicted octanol–water partition coefficient (Wildman–Crippen LogP) is 3.15. The molecule has 1 aromatic heterocycles. The highest BCUT2D eigenvalue weighted by Crippen LogP contribution is 2.17. The number of anilines is 1. The number of ether oxygens (including phenoxy) is 1. The molecule has 86 valence electrons. The number of hydrogen-bond acceptors (Lipinski definition) is 3. The van der Waals surface area contributed by atoms with Gasteiger partial charge < -0.3 is 10.1 Å². The van der Waals surface area contributed by atoms with Gasteiger partial charge in [0.05, 0.1) is 24.2 Å². The predicted molar refractivity (Wildman–Crippen MR) is 65.7 cm³/mol. The molecule has 0 aliphatic carbocycles. The van der Waals surface area contributed by atoms with Crippen LogP contribution in [0, 0.1) is 6.92 Å². The summed E-state index contributed by atoms with van der Waals surface area (Å²) < 4.78 is 5.47. The van der Waals surface area contributed by atoms with Gasteiger partial charge >= 0.3 is 0 Å². The van der Waals surface area contributed by atoms with Crippen molar-refractivity contribution in [1.82, 2.24) is 4.98 Å². The van der Waals surface area contributed by atoms with Crippen LogP contribution in [0.2, 0.25) is 5.15 Å². The van der Waals surface area contributed by atoms with E-state index in [2.05, 4.69) is 10.3 Å². The van der Waals surface area contributed by atoms with Gasteiger partial charge in [-0.3, -0.25) is 0 Å². The van der Waals surface area contributed by atoms with Crippen molar-refractivity contribution in [3.8, 4) is 0 Å². The molecule has 4 heteroatoms. The van der Waals surface area contributed by atoms with E-state index < -0.39 is 0 Å². The van der Waals surface area contributed by atoms with Gasteiger partial charge in [0.2, 0.25) is 0 Å². The molecule has 0 saturated heterocycles. The Balaban J connectivity index is 1.91. The maximum absolute atomic E-state index is 5.79. The topological polar surface area (TPSA) is 34.2 Å². The number of halogens is 1. The van der Waals surface area contributed by atoms with E-state index in [1.165, 1.54) is 0 Å². The second-order valence-electron chi connectivity index (χ2n) is 3.86. The number of nitrogens with one attached hydrogen (secondary N) is 1. The summed E-state index contributed by atoms with van der Waals surface area (Å²) in [5.41, 5.74) is 1.93. The normalized spacial score (nSPS) is 19.2. The zero-order valence-corrected chi connectivity index (χ0v) is 10.00. The van der Waals surface area contributed by atoms with E-state index in [4.69, 9.17) is 16.3 Å². The average Bonchev–Trinajstić information content (AvgIpc) is 2.29. The maximum atomic E-state index is 5.79. The quantitative estimate of drug-likeness (QED) is 0.822. The van der Waals surface area contributed by atoms with Crippen molar-refractivity contribution >= 4 is 17.3 Å². The smallest absolute Gasteiger partial charge is 0.129 e. The third kappa shape index (κ3) is 2.89. The van der Waals surface area contributed by atoms with Gasteiger partial charge in [0.25, 0.3) is 0 Å². The van der Waals surface area contributed by atoms with Crippen molar-refractivity contribution in [3.63, 3.8) is 0 Å². The van der Waals surface area contributed by atoms with Gasteiger partial charge in [0.15, 0.2) is 0 Å². The van der Waals surface area contributed by atoms with E-state index in [0.29, 0.717) is 5.15 Å². The molecule has 0 bridgehead atoms. The lowest BCUT2D eigenvalue weighted by Crippen LogP contribution is -2.23. The van der Waals surface area contributed by atoms with Crippen molar-refractivity contribution in [2.45, 2.75) is 25.9 Å². The van der Waals surface area contributed by atoms with Crippen LogP contribution in [0.15, 0.2) is 24.5 Å². The number of nitrogens with zero attached hydrogens (tertiary/aromatic N) is 1. The second kappa shape index (κ2) is 5.21. The molecule has 2 rings (SSSR count). The number of rotatable bonds is 3. The lowest BCUT2D eigenvalue weighted by atomic mass is 10.1. The van der Waals surface area contributed by atoms with Crippen molar-refractivity contribution < 1.29 is 4.74 Å². The van der Waals surface area contributed by atoms with Crippen LogP contribution in [0.4, 0.5) is 5.69 Å². The maximum Gasteiger partial charge on any atom is 0.129 e. The SMILES string of the molecule is Cc1nc(Cl)ccc1NCC1CCC=CO1. The van der Waals surface area contributed by atoms with Crippen molar-refractivity contribution in [1.29, 1.82) is 0 Å². The van der Waals surface area contributed by atoms with Crippen molar-refractivity contribution in [2.75, 3.05) is 11.9 Å². The summed E-state index contributed by atoms with van der Waals surface area (Å²) in [5, 5.41) is 3.86. The molecule has 3 nitrogen and oxygen atoms in total. The Morgan fingerprint density at radius 2 is 2.44 bits per heavy atom. The molecule has 0 saturated carbocycles. The van der Waals surface area contributed by atoms with Crippen LogP contribution in [0.3, 0.4) is 0 Å². The summed E-state index contributed by atoms with van der Waals surface area (Å²) in [6, 6.07) is 3.74. The number of allylic oxidation sites excluding steroid dienone is 1. The lowest BCUT2D eigenvalue weighted by molar-refractivity contribution is 0.135. The zero-order valence-electron chi connectivity index (χ0n) is 9.24. The summed E-state index contributed by atoms with van der Waals surface area (Å²) >= 11 is 5.79. The minimum Gasteiger partial charge on any atom is -0.497 e. The summed E-state index contributed by atoms with van der Waals surface area (Å²) in [6.45, 7) is 2.74. The van der Waals surface area contributed by atoms with Crippen LogP contribution in [0.1, 0.15) is 18.5 Å². The molecule has 1 aliphatic rings. The molecule has 1 aromatic rings. The van der Waals surface area contributed by atoms with Gasteiger partial charge in [0, 0.05) is 0 Å².